The van der Waals surface area contributed by atoms with Crippen LogP contribution in [0.1, 0.15) is 18.4 Å². The van der Waals surface area contributed by atoms with Crippen LogP contribution in [0.15, 0.2) is 30.3 Å². The van der Waals surface area contributed by atoms with Gasteiger partial charge in [0, 0.05) is 13.1 Å². The SMILES string of the molecule is N=C(N)NCCCCNC(=O)[C@@H](N)Cc1ccccc1. The summed E-state index contributed by atoms with van der Waals surface area (Å²) in [5, 5.41) is 12.5. The lowest BCUT2D eigenvalue weighted by Crippen LogP contribution is -2.42. The zero-order valence-electron chi connectivity index (χ0n) is 11.6. The molecule has 6 nitrogen and oxygen atoms in total. The first-order valence-corrected chi connectivity index (χ1v) is 6.74. The van der Waals surface area contributed by atoms with Crippen LogP contribution < -0.4 is 22.1 Å². The summed E-state index contributed by atoms with van der Waals surface area (Å²) in [5.74, 6) is -0.160. The normalized spacial score (nSPS) is 11.7. The first kappa shape index (κ1) is 16.0. The molecule has 1 rings (SSSR count). The molecule has 7 N–H and O–H groups in total. The van der Waals surface area contributed by atoms with E-state index in [1.807, 2.05) is 30.3 Å². The van der Waals surface area contributed by atoms with Gasteiger partial charge in [0.25, 0.3) is 0 Å². The van der Waals surface area contributed by atoms with Crippen LogP contribution in [0.4, 0.5) is 0 Å². The van der Waals surface area contributed by atoms with E-state index in [1.165, 1.54) is 0 Å². The van der Waals surface area contributed by atoms with Crippen LogP contribution in [-0.4, -0.2) is 31.0 Å². The molecule has 110 valence electrons. The van der Waals surface area contributed by atoms with Crippen LogP contribution in [0.2, 0.25) is 0 Å². The predicted molar refractivity (Wildman–Crippen MR) is 80.3 cm³/mol. The molecule has 1 amide bonds. The van der Waals surface area contributed by atoms with Gasteiger partial charge in [-0.2, -0.15) is 0 Å². The van der Waals surface area contributed by atoms with Crippen molar-refractivity contribution in [3.8, 4) is 0 Å². The minimum Gasteiger partial charge on any atom is -0.370 e. The Morgan fingerprint density at radius 2 is 1.75 bits per heavy atom. The summed E-state index contributed by atoms with van der Waals surface area (Å²) in [6.07, 6.45) is 2.20. The molecule has 0 aliphatic rings. The fourth-order valence-electron chi connectivity index (χ4n) is 1.78. The van der Waals surface area contributed by atoms with Gasteiger partial charge in [-0.15, -0.1) is 0 Å². The van der Waals surface area contributed by atoms with Gasteiger partial charge in [-0.1, -0.05) is 30.3 Å². The highest BCUT2D eigenvalue weighted by molar-refractivity contribution is 5.81. The van der Waals surface area contributed by atoms with Crippen molar-refractivity contribution in [1.29, 1.82) is 5.41 Å². The number of carbonyl (C=O) groups is 1. The molecule has 0 aliphatic heterocycles. The summed E-state index contributed by atoms with van der Waals surface area (Å²) in [7, 11) is 0. The Balaban J connectivity index is 2.14. The molecule has 0 unspecified atom stereocenters. The number of nitrogens with two attached hydrogens (primary N) is 2. The molecule has 6 heteroatoms. The third-order valence-corrected chi connectivity index (χ3v) is 2.85. The van der Waals surface area contributed by atoms with E-state index in [4.69, 9.17) is 16.9 Å². The molecule has 0 bridgehead atoms. The summed E-state index contributed by atoms with van der Waals surface area (Å²) >= 11 is 0. The second-order valence-corrected chi connectivity index (χ2v) is 4.63. The van der Waals surface area contributed by atoms with Crippen LogP contribution >= 0.6 is 0 Å². The van der Waals surface area contributed by atoms with E-state index in [9.17, 15) is 4.79 Å². The summed E-state index contributed by atoms with van der Waals surface area (Å²) in [4.78, 5) is 11.8. The van der Waals surface area contributed by atoms with Crippen molar-refractivity contribution in [2.75, 3.05) is 13.1 Å². The molecule has 1 atom stereocenters. The van der Waals surface area contributed by atoms with Gasteiger partial charge >= 0.3 is 0 Å². The third-order valence-electron chi connectivity index (χ3n) is 2.85. The quantitative estimate of drug-likeness (QED) is 0.260. The van der Waals surface area contributed by atoms with E-state index in [1.54, 1.807) is 0 Å². The van der Waals surface area contributed by atoms with E-state index in [0.717, 1.165) is 18.4 Å². The lowest BCUT2D eigenvalue weighted by molar-refractivity contribution is -0.122. The van der Waals surface area contributed by atoms with Crippen molar-refractivity contribution in [1.82, 2.24) is 10.6 Å². The van der Waals surface area contributed by atoms with Crippen molar-refractivity contribution in [2.24, 2.45) is 11.5 Å². The van der Waals surface area contributed by atoms with Crippen LogP contribution in [-0.2, 0) is 11.2 Å². The van der Waals surface area contributed by atoms with Crippen LogP contribution in [0.3, 0.4) is 0 Å². The highest BCUT2D eigenvalue weighted by atomic mass is 16.2. The fraction of sp³-hybridized carbons (Fsp3) is 0.429. The lowest BCUT2D eigenvalue weighted by Gasteiger charge is -2.12. The first-order valence-electron chi connectivity index (χ1n) is 6.74. The maximum atomic E-state index is 11.8. The Labute approximate surface area is 119 Å². The number of nitrogens with one attached hydrogen (secondary N) is 3. The molecule has 0 radical (unpaired) electrons. The first-order chi connectivity index (χ1) is 9.59. The molecule has 0 heterocycles. The van der Waals surface area contributed by atoms with E-state index < -0.39 is 6.04 Å². The molecular weight excluding hydrogens is 254 g/mol. The van der Waals surface area contributed by atoms with Crippen molar-refractivity contribution >= 4 is 11.9 Å². The molecule has 0 aliphatic carbocycles. The number of carbonyl (C=O) groups excluding carboxylic acids is 1. The molecule has 0 fully saturated rings. The average Bonchev–Trinajstić information content (AvgIpc) is 2.43. The standard InChI is InChI=1S/C14H23N5O/c15-12(10-11-6-2-1-3-7-11)13(20)18-8-4-5-9-19-14(16)17/h1-3,6-7,12H,4-5,8-10,15H2,(H,18,20)(H4,16,17,19)/t12-/m0/s1. The molecule has 0 spiro atoms. The van der Waals surface area contributed by atoms with E-state index in [2.05, 4.69) is 10.6 Å². The summed E-state index contributed by atoms with van der Waals surface area (Å²) in [5.41, 5.74) is 12.1. The number of unbranched alkanes of at least 4 members (excludes halogenated alkanes) is 1. The highest BCUT2D eigenvalue weighted by Crippen LogP contribution is 2.01. The highest BCUT2D eigenvalue weighted by Gasteiger charge is 2.12. The Morgan fingerprint density at radius 1 is 1.15 bits per heavy atom. The molecule has 0 saturated heterocycles. The topological polar surface area (TPSA) is 117 Å². The minimum atomic E-state index is -0.521. The second-order valence-electron chi connectivity index (χ2n) is 4.63. The number of hydrogen-bond donors (Lipinski definition) is 5. The summed E-state index contributed by atoms with van der Waals surface area (Å²) < 4.78 is 0. The lowest BCUT2D eigenvalue weighted by atomic mass is 10.1. The number of rotatable bonds is 8. The van der Waals surface area contributed by atoms with Gasteiger partial charge in [-0.3, -0.25) is 10.2 Å². The number of guanidine groups is 1. The van der Waals surface area contributed by atoms with Crippen molar-refractivity contribution in [2.45, 2.75) is 25.3 Å². The maximum Gasteiger partial charge on any atom is 0.237 e. The van der Waals surface area contributed by atoms with E-state index in [0.29, 0.717) is 19.5 Å². The van der Waals surface area contributed by atoms with Crippen LogP contribution in [0, 0.1) is 5.41 Å². The van der Waals surface area contributed by atoms with Crippen LogP contribution in [0.25, 0.3) is 0 Å². The molecular formula is C14H23N5O. The third kappa shape index (κ3) is 6.75. The van der Waals surface area contributed by atoms with Crippen LogP contribution in [0.5, 0.6) is 0 Å². The average molecular weight is 277 g/mol. The van der Waals surface area contributed by atoms with Crippen molar-refractivity contribution in [3.05, 3.63) is 35.9 Å². The predicted octanol–water partition coefficient (Wildman–Crippen LogP) is -0.0641. The van der Waals surface area contributed by atoms with Crippen molar-refractivity contribution < 1.29 is 4.79 Å². The Hall–Kier alpha value is -2.08. The molecule has 1 aromatic rings. The largest absolute Gasteiger partial charge is 0.370 e. The Kier molecular flexibility index (Phi) is 7.13. The van der Waals surface area contributed by atoms with Crippen molar-refractivity contribution in [3.63, 3.8) is 0 Å². The monoisotopic (exact) mass is 277 g/mol. The molecule has 20 heavy (non-hydrogen) atoms. The van der Waals surface area contributed by atoms with Gasteiger partial charge in [0.2, 0.25) is 5.91 Å². The maximum absolute atomic E-state index is 11.8. The second kappa shape index (κ2) is 8.92. The van der Waals surface area contributed by atoms with Gasteiger partial charge < -0.3 is 22.1 Å². The van der Waals surface area contributed by atoms with Gasteiger partial charge in [0.05, 0.1) is 6.04 Å². The number of hydrogen-bond acceptors (Lipinski definition) is 3. The Bertz CT molecular complexity index is 421. The van der Waals surface area contributed by atoms with Gasteiger partial charge in [-0.25, -0.2) is 0 Å². The summed E-state index contributed by atoms with van der Waals surface area (Å²) in [6, 6.07) is 9.20. The smallest absolute Gasteiger partial charge is 0.237 e. The minimum absolute atomic E-state index is 0.0288. The molecule has 0 saturated carbocycles. The molecule has 1 aromatic carbocycles. The van der Waals surface area contributed by atoms with Gasteiger partial charge in [-0.05, 0) is 24.8 Å². The summed E-state index contributed by atoms with van der Waals surface area (Å²) in [6.45, 7) is 1.22. The zero-order chi connectivity index (χ0) is 14.8. The number of benzene rings is 1. The Morgan fingerprint density at radius 3 is 2.35 bits per heavy atom. The van der Waals surface area contributed by atoms with Gasteiger partial charge in [0.15, 0.2) is 5.96 Å². The van der Waals surface area contributed by atoms with E-state index in [-0.39, 0.29) is 11.9 Å². The fourth-order valence-corrected chi connectivity index (χ4v) is 1.78. The van der Waals surface area contributed by atoms with Gasteiger partial charge in [0.1, 0.15) is 0 Å². The molecule has 0 aromatic heterocycles. The zero-order valence-corrected chi connectivity index (χ0v) is 11.6. The van der Waals surface area contributed by atoms with E-state index >= 15 is 0 Å². The number of amides is 1.